The second-order valence-corrected chi connectivity index (χ2v) is 6.56. The van der Waals surface area contributed by atoms with Gasteiger partial charge in [0.15, 0.2) is 0 Å². The Labute approximate surface area is 129 Å². The molecule has 0 aromatic heterocycles. The molecular formula is C16H23BrN2O. The van der Waals surface area contributed by atoms with Crippen LogP contribution in [0.15, 0.2) is 28.7 Å². The number of piperidine rings is 1. The molecule has 1 aliphatic heterocycles. The summed E-state index contributed by atoms with van der Waals surface area (Å²) >= 11 is 3.38. The molecule has 1 aliphatic rings. The molecule has 1 N–H and O–H groups in total. The first-order chi connectivity index (χ1) is 9.65. The normalized spacial score (nSPS) is 17.1. The molecule has 1 saturated heterocycles. The first-order valence-corrected chi connectivity index (χ1v) is 8.20. The Balaban J connectivity index is 1.64. The summed E-state index contributed by atoms with van der Waals surface area (Å²) < 4.78 is 0.938. The Morgan fingerprint density at radius 2 is 2.15 bits per heavy atom. The Morgan fingerprint density at radius 1 is 1.40 bits per heavy atom. The summed E-state index contributed by atoms with van der Waals surface area (Å²) in [4.78, 5) is 14.5. The number of halogens is 1. The van der Waals surface area contributed by atoms with Crippen LogP contribution in [0, 0.1) is 5.92 Å². The lowest BCUT2D eigenvalue weighted by molar-refractivity contribution is 0.0950. The lowest BCUT2D eigenvalue weighted by atomic mass is 9.99. The molecule has 3 nitrogen and oxygen atoms in total. The van der Waals surface area contributed by atoms with E-state index < -0.39 is 0 Å². The molecule has 1 aromatic carbocycles. The summed E-state index contributed by atoms with van der Waals surface area (Å²) in [7, 11) is 0. The van der Waals surface area contributed by atoms with Crippen molar-refractivity contribution in [2.24, 2.45) is 5.92 Å². The van der Waals surface area contributed by atoms with Gasteiger partial charge in [0.1, 0.15) is 0 Å². The van der Waals surface area contributed by atoms with E-state index in [0.717, 1.165) is 29.9 Å². The van der Waals surface area contributed by atoms with Crippen LogP contribution < -0.4 is 5.32 Å². The first kappa shape index (κ1) is 15.5. The zero-order valence-corrected chi connectivity index (χ0v) is 13.7. The van der Waals surface area contributed by atoms with Crippen molar-refractivity contribution in [3.8, 4) is 0 Å². The number of nitrogens with zero attached hydrogens (tertiary/aromatic N) is 1. The smallest absolute Gasteiger partial charge is 0.251 e. The van der Waals surface area contributed by atoms with Crippen molar-refractivity contribution >= 4 is 21.8 Å². The number of hydrogen-bond acceptors (Lipinski definition) is 2. The van der Waals surface area contributed by atoms with Gasteiger partial charge in [0.2, 0.25) is 0 Å². The van der Waals surface area contributed by atoms with Gasteiger partial charge in [-0.1, -0.05) is 28.9 Å². The summed E-state index contributed by atoms with van der Waals surface area (Å²) in [6, 6.07) is 7.50. The molecule has 0 saturated carbocycles. The van der Waals surface area contributed by atoms with Crippen molar-refractivity contribution in [2.75, 3.05) is 26.2 Å². The average molecular weight is 339 g/mol. The topological polar surface area (TPSA) is 32.3 Å². The van der Waals surface area contributed by atoms with Gasteiger partial charge in [0, 0.05) is 16.6 Å². The maximum atomic E-state index is 11.9. The lowest BCUT2D eigenvalue weighted by Crippen LogP contribution is -2.35. The number of carbonyl (C=O) groups is 1. The van der Waals surface area contributed by atoms with Crippen molar-refractivity contribution in [2.45, 2.75) is 26.2 Å². The summed E-state index contributed by atoms with van der Waals surface area (Å²) in [5.74, 6) is 0.890. The third kappa shape index (κ3) is 4.91. The number of nitrogens with one attached hydrogen (secondary N) is 1. The molecule has 4 heteroatoms. The van der Waals surface area contributed by atoms with Gasteiger partial charge in [-0.15, -0.1) is 0 Å². The fourth-order valence-corrected chi connectivity index (χ4v) is 2.92. The maximum Gasteiger partial charge on any atom is 0.251 e. The van der Waals surface area contributed by atoms with Crippen LogP contribution in [0.25, 0.3) is 0 Å². The highest BCUT2D eigenvalue weighted by Gasteiger charge is 2.14. The van der Waals surface area contributed by atoms with Crippen molar-refractivity contribution in [1.82, 2.24) is 10.2 Å². The van der Waals surface area contributed by atoms with Crippen LogP contribution in [0.5, 0.6) is 0 Å². The molecule has 1 fully saturated rings. The number of benzene rings is 1. The minimum absolute atomic E-state index is 0.0126. The fraction of sp³-hybridized carbons (Fsp3) is 0.562. The number of hydrogen-bond donors (Lipinski definition) is 1. The van der Waals surface area contributed by atoms with E-state index in [-0.39, 0.29) is 5.91 Å². The Morgan fingerprint density at radius 3 is 2.85 bits per heavy atom. The van der Waals surface area contributed by atoms with Crippen LogP contribution in [0.1, 0.15) is 36.5 Å². The quantitative estimate of drug-likeness (QED) is 0.835. The molecule has 1 amide bonds. The van der Waals surface area contributed by atoms with E-state index in [1.807, 2.05) is 24.3 Å². The number of carbonyl (C=O) groups excluding carboxylic acids is 1. The second-order valence-electron chi connectivity index (χ2n) is 5.64. The highest BCUT2D eigenvalue weighted by Crippen LogP contribution is 2.15. The molecule has 1 aromatic rings. The van der Waals surface area contributed by atoms with Crippen LogP contribution in [0.2, 0.25) is 0 Å². The highest BCUT2D eigenvalue weighted by atomic mass is 79.9. The minimum atomic E-state index is 0.0126. The third-order valence-electron chi connectivity index (χ3n) is 3.90. The van der Waals surface area contributed by atoms with Crippen LogP contribution in [0.3, 0.4) is 0 Å². The van der Waals surface area contributed by atoms with E-state index in [9.17, 15) is 4.79 Å². The molecule has 0 atom stereocenters. The summed E-state index contributed by atoms with van der Waals surface area (Å²) in [6.45, 7) is 6.58. The maximum absolute atomic E-state index is 11.9. The van der Waals surface area contributed by atoms with Crippen molar-refractivity contribution in [1.29, 1.82) is 0 Å². The molecule has 2 rings (SSSR count). The van der Waals surface area contributed by atoms with Gasteiger partial charge in [-0.3, -0.25) is 4.79 Å². The van der Waals surface area contributed by atoms with E-state index in [0.29, 0.717) is 5.56 Å². The van der Waals surface area contributed by atoms with Gasteiger partial charge in [-0.2, -0.15) is 0 Å². The standard InChI is InChI=1S/C16H23BrN2O/c1-13-6-10-19(11-7-13)9-3-8-18-16(20)14-4-2-5-15(17)12-14/h2,4-5,12-13H,3,6-11H2,1H3,(H,18,20). The molecule has 110 valence electrons. The Bertz CT molecular complexity index is 442. The molecule has 0 spiro atoms. The lowest BCUT2D eigenvalue weighted by Gasteiger charge is -2.30. The van der Waals surface area contributed by atoms with E-state index in [2.05, 4.69) is 33.1 Å². The van der Waals surface area contributed by atoms with E-state index in [1.54, 1.807) is 0 Å². The van der Waals surface area contributed by atoms with E-state index in [4.69, 9.17) is 0 Å². The highest BCUT2D eigenvalue weighted by molar-refractivity contribution is 9.10. The van der Waals surface area contributed by atoms with Crippen LogP contribution in [-0.2, 0) is 0 Å². The summed E-state index contributed by atoms with van der Waals surface area (Å²) in [6.07, 6.45) is 3.64. The Hall–Kier alpha value is -0.870. The number of rotatable bonds is 5. The van der Waals surface area contributed by atoms with Crippen molar-refractivity contribution < 1.29 is 4.79 Å². The minimum Gasteiger partial charge on any atom is -0.352 e. The average Bonchev–Trinajstić information content (AvgIpc) is 2.45. The second kappa shape index (κ2) is 7.79. The number of amides is 1. The van der Waals surface area contributed by atoms with Crippen molar-refractivity contribution in [3.63, 3.8) is 0 Å². The molecule has 0 unspecified atom stereocenters. The zero-order valence-electron chi connectivity index (χ0n) is 12.1. The van der Waals surface area contributed by atoms with Crippen molar-refractivity contribution in [3.05, 3.63) is 34.3 Å². The number of likely N-dealkylation sites (tertiary alicyclic amines) is 1. The van der Waals surface area contributed by atoms with E-state index in [1.165, 1.54) is 25.9 Å². The third-order valence-corrected chi connectivity index (χ3v) is 4.39. The SMILES string of the molecule is CC1CCN(CCCNC(=O)c2cccc(Br)c2)CC1. The van der Waals surface area contributed by atoms with Gasteiger partial charge in [0.25, 0.3) is 5.91 Å². The monoisotopic (exact) mass is 338 g/mol. The summed E-state index contributed by atoms with van der Waals surface area (Å²) in [5.41, 5.74) is 0.714. The molecule has 0 bridgehead atoms. The van der Waals surface area contributed by atoms with Crippen LogP contribution >= 0.6 is 15.9 Å². The molecule has 20 heavy (non-hydrogen) atoms. The van der Waals surface area contributed by atoms with Gasteiger partial charge < -0.3 is 10.2 Å². The van der Waals surface area contributed by atoms with Crippen LogP contribution in [0.4, 0.5) is 0 Å². The Kier molecular flexibility index (Phi) is 6.05. The summed E-state index contributed by atoms with van der Waals surface area (Å²) in [5, 5.41) is 2.99. The molecular weight excluding hydrogens is 316 g/mol. The first-order valence-electron chi connectivity index (χ1n) is 7.41. The van der Waals surface area contributed by atoms with Crippen LogP contribution in [-0.4, -0.2) is 37.0 Å². The zero-order chi connectivity index (χ0) is 14.4. The van der Waals surface area contributed by atoms with Gasteiger partial charge >= 0.3 is 0 Å². The van der Waals surface area contributed by atoms with E-state index >= 15 is 0 Å². The van der Waals surface area contributed by atoms with Gasteiger partial charge in [-0.05, 0) is 63.0 Å². The molecule has 0 radical (unpaired) electrons. The largest absolute Gasteiger partial charge is 0.352 e. The fourth-order valence-electron chi connectivity index (χ4n) is 2.52. The molecule has 0 aliphatic carbocycles. The molecule has 1 heterocycles. The van der Waals surface area contributed by atoms with Gasteiger partial charge in [-0.25, -0.2) is 0 Å². The predicted molar refractivity (Wildman–Crippen MR) is 85.9 cm³/mol. The van der Waals surface area contributed by atoms with Gasteiger partial charge in [0.05, 0.1) is 0 Å². The predicted octanol–water partition coefficient (Wildman–Crippen LogP) is 3.30.